The minimum Gasteiger partial charge on any atom is -0.292 e. The van der Waals surface area contributed by atoms with E-state index in [1.807, 2.05) is 18.5 Å². The van der Waals surface area contributed by atoms with Crippen molar-refractivity contribution in [2.75, 3.05) is 0 Å². The molecule has 0 aromatic carbocycles. The third-order valence-corrected chi connectivity index (χ3v) is 4.47. The van der Waals surface area contributed by atoms with Crippen LogP contribution in [0, 0.1) is 6.92 Å². The quantitative estimate of drug-likeness (QED) is 0.786. The van der Waals surface area contributed by atoms with Gasteiger partial charge in [0.15, 0.2) is 5.15 Å². The molecule has 0 aliphatic heterocycles. The van der Waals surface area contributed by atoms with Gasteiger partial charge in [-0.15, -0.1) is 0 Å². The van der Waals surface area contributed by atoms with Gasteiger partial charge in [-0.05, 0) is 29.8 Å². The fourth-order valence-corrected chi connectivity index (χ4v) is 2.43. The lowest BCUT2D eigenvalue weighted by molar-refractivity contribution is 0.587. The summed E-state index contributed by atoms with van der Waals surface area (Å²) in [6, 6.07) is 0. The molecule has 0 amide bonds. The number of rotatable bonds is 3. The highest BCUT2D eigenvalue weighted by Crippen LogP contribution is 2.22. The predicted molar refractivity (Wildman–Crippen MR) is 78.0 cm³/mol. The Kier molecular flexibility index (Phi) is 4.32. The monoisotopic (exact) mass is 364 g/mol. The zero-order chi connectivity index (χ0) is 14.2. The summed E-state index contributed by atoms with van der Waals surface area (Å²) in [5, 5.41) is 4.32. The second-order valence-electron chi connectivity index (χ2n) is 3.94. The largest absolute Gasteiger partial charge is 0.292 e. The first-order chi connectivity index (χ1) is 8.95. The lowest BCUT2D eigenvalue weighted by Crippen LogP contribution is -2.23. The van der Waals surface area contributed by atoms with Crippen LogP contribution in [-0.4, -0.2) is 19.3 Å². The fourth-order valence-electron chi connectivity index (χ4n) is 1.74. The molecule has 0 bridgehead atoms. The van der Waals surface area contributed by atoms with Gasteiger partial charge in [-0.2, -0.15) is 5.10 Å². The Morgan fingerprint density at radius 2 is 2.11 bits per heavy atom. The van der Waals surface area contributed by atoms with Gasteiger partial charge in [0, 0.05) is 6.54 Å². The van der Waals surface area contributed by atoms with Crippen molar-refractivity contribution in [3.63, 3.8) is 0 Å². The van der Waals surface area contributed by atoms with Crippen LogP contribution in [0.4, 0.5) is 0 Å². The predicted octanol–water partition coefficient (Wildman–Crippen LogP) is 2.89. The zero-order valence-electron chi connectivity index (χ0n) is 10.3. The molecule has 0 aliphatic carbocycles. The average Bonchev–Trinajstić information content (AvgIpc) is 2.66. The maximum Gasteiger partial charge on any atom is 0.274 e. The summed E-state index contributed by atoms with van der Waals surface area (Å²) in [4.78, 5) is 15.9. The minimum atomic E-state index is -0.366. The van der Waals surface area contributed by atoms with Gasteiger partial charge in [0.2, 0.25) is 0 Å². The van der Waals surface area contributed by atoms with Crippen LogP contribution in [0.1, 0.15) is 18.3 Å². The molecule has 2 aromatic rings. The molecular formula is C11H11BrCl2N4O. The normalized spacial score (nSPS) is 11.0. The fraction of sp³-hybridized carbons (Fsp3) is 0.364. The first-order valence-corrected chi connectivity index (χ1v) is 7.12. The lowest BCUT2D eigenvalue weighted by atomic mass is 10.3. The van der Waals surface area contributed by atoms with Crippen LogP contribution in [0.3, 0.4) is 0 Å². The van der Waals surface area contributed by atoms with E-state index in [-0.39, 0.29) is 15.7 Å². The van der Waals surface area contributed by atoms with E-state index < -0.39 is 0 Å². The molecule has 2 heterocycles. The third kappa shape index (κ3) is 2.70. The van der Waals surface area contributed by atoms with Crippen molar-refractivity contribution in [1.29, 1.82) is 0 Å². The second kappa shape index (κ2) is 5.64. The van der Waals surface area contributed by atoms with E-state index in [9.17, 15) is 4.79 Å². The molecule has 0 saturated carbocycles. The van der Waals surface area contributed by atoms with Crippen molar-refractivity contribution in [2.45, 2.75) is 26.9 Å². The Balaban J connectivity index is 2.48. The van der Waals surface area contributed by atoms with Gasteiger partial charge in [-0.3, -0.25) is 14.0 Å². The standard InChI is InChI=1S/C11H11BrCl2N4O/c1-3-18-7(8(12)6(2)16-18)4-17-5-15-10(14)9(13)11(17)19/h5H,3-4H2,1-2H3. The first-order valence-electron chi connectivity index (χ1n) is 5.58. The van der Waals surface area contributed by atoms with E-state index in [4.69, 9.17) is 23.2 Å². The molecule has 0 N–H and O–H groups in total. The smallest absolute Gasteiger partial charge is 0.274 e. The molecule has 0 radical (unpaired) electrons. The van der Waals surface area contributed by atoms with E-state index in [0.717, 1.165) is 15.9 Å². The maximum absolute atomic E-state index is 12.0. The molecule has 19 heavy (non-hydrogen) atoms. The highest BCUT2D eigenvalue weighted by molar-refractivity contribution is 9.10. The van der Waals surface area contributed by atoms with Crippen molar-refractivity contribution in [2.24, 2.45) is 0 Å². The summed E-state index contributed by atoms with van der Waals surface area (Å²) < 4.78 is 4.11. The molecule has 5 nitrogen and oxygen atoms in total. The van der Waals surface area contributed by atoms with Crippen molar-refractivity contribution in [3.8, 4) is 0 Å². The van der Waals surface area contributed by atoms with Gasteiger partial charge in [-0.1, -0.05) is 23.2 Å². The number of halogens is 3. The number of hydrogen-bond acceptors (Lipinski definition) is 3. The van der Waals surface area contributed by atoms with Gasteiger partial charge in [0.1, 0.15) is 5.02 Å². The van der Waals surface area contributed by atoms with Crippen molar-refractivity contribution >= 4 is 39.1 Å². The number of nitrogens with zero attached hydrogens (tertiary/aromatic N) is 4. The van der Waals surface area contributed by atoms with E-state index in [2.05, 4.69) is 26.0 Å². The summed E-state index contributed by atoms with van der Waals surface area (Å²) >= 11 is 15.0. The van der Waals surface area contributed by atoms with Gasteiger partial charge >= 0.3 is 0 Å². The summed E-state index contributed by atoms with van der Waals surface area (Å²) in [6.45, 7) is 4.93. The highest BCUT2D eigenvalue weighted by Gasteiger charge is 2.15. The van der Waals surface area contributed by atoms with Crippen molar-refractivity contribution in [3.05, 3.63) is 42.7 Å². The first kappa shape index (κ1) is 14.6. The molecule has 0 aliphatic rings. The number of hydrogen-bond donors (Lipinski definition) is 0. The van der Waals surface area contributed by atoms with Crippen LogP contribution in [-0.2, 0) is 13.1 Å². The lowest BCUT2D eigenvalue weighted by Gasteiger charge is -2.08. The topological polar surface area (TPSA) is 52.7 Å². The van der Waals surface area contributed by atoms with Crippen LogP contribution >= 0.6 is 39.1 Å². The van der Waals surface area contributed by atoms with Crippen LogP contribution in [0.5, 0.6) is 0 Å². The van der Waals surface area contributed by atoms with Crippen molar-refractivity contribution < 1.29 is 0 Å². The Bertz CT molecular complexity index is 680. The zero-order valence-corrected chi connectivity index (χ0v) is 13.4. The van der Waals surface area contributed by atoms with Gasteiger partial charge < -0.3 is 0 Å². The molecular weight excluding hydrogens is 355 g/mol. The van der Waals surface area contributed by atoms with Gasteiger partial charge in [0.05, 0.1) is 28.7 Å². The summed E-state index contributed by atoms with van der Waals surface area (Å²) in [7, 11) is 0. The Hall–Kier alpha value is -0.850. The van der Waals surface area contributed by atoms with Crippen LogP contribution in [0.25, 0.3) is 0 Å². The number of aromatic nitrogens is 4. The van der Waals surface area contributed by atoms with Crippen LogP contribution in [0.2, 0.25) is 10.2 Å². The van der Waals surface area contributed by atoms with Gasteiger partial charge in [-0.25, -0.2) is 4.98 Å². The molecule has 0 atom stereocenters. The molecule has 2 aromatic heterocycles. The summed E-state index contributed by atoms with van der Waals surface area (Å²) in [5.41, 5.74) is 1.40. The molecule has 2 rings (SSSR count). The van der Waals surface area contributed by atoms with Crippen LogP contribution < -0.4 is 5.56 Å². The average molecular weight is 366 g/mol. The maximum atomic E-state index is 12.0. The Morgan fingerprint density at radius 3 is 2.74 bits per heavy atom. The molecule has 0 unspecified atom stereocenters. The molecule has 0 fully saturated rings. The Labute approximate surface area is 128 Å². The molecule has 0 spiro atoms. The van der Waals surface area contributed by atoms with E-state index in [1.165, 1.54) is 10.9 Å². The molecule has 8 heteroatoms. The van der Waals surface area contributed by atoms with E-state index >= 15 is 0 Å². The highest BCUT2D eigenvalue weighted by atomic mass is 79.9. The SMILES string of the molecule is CCn1nc(C)c(Br)c1Cn1cnc(Cl)c(Cl)c1=O. The molecule has 0 saturated heterocycles. The summed E-state index contributed by atoms with van der Waals surface area (Å²) in [6.07, 6.45) is 1.38. The van der Waals surface area contributed by atoms with Gasteiger partial charge in [0.25, 0.3) is 5.56 Å². The minimum absolute atomic E-state index is 0.0159. The van der Waals surface area contributed by atoms with Crippen molar-refractivity contribution in [1.82, 2.24) is 19.3 Å². The van der Waals surface area contributed by atoms with E-state index in [0.29, 0.717) is 13.1 Å². The third-order valence-electron chi connectivity index (χ3n) is 2.71. The van der Waals surface area contributed by atoms with E-state index in [1.54, 1.807) is 0 Å². The van der Waals surface area contributed by atoms with Crippen LogP contribution in [0.15, 0.2) is 15.6 Å². The Morgan fingerprint density at radius 1 is 1.42 bits per heavy atom. The number of aryl methyl sites for hydroxylation is 2. The second-order valence-corrected chi connectivity index (χ2v) is 5.47. The summed E-state index contributed by atoms with van der Waals surface area (Å²) in [5.74, 6) is 0. The molecule has 102 valence electrons.